The van der Waals surface area contributed by atoms with Crippen molar-refractivity contribution in [2.45, 2.75) is 0 Å². The van der Waals surface area contributed by atoms with E-state index in [-0.39, 0.29) is 10.8 Å². The first-order chi connectivity index (χ1) is 5.29. The predicted octanol–water partition coefficient (Wildman–Crippen LogP) is 2.11. The summed E-state index contributed by atoms with van der Waals surface area (Å²) in [5.41, 5.74) is 0. The van der Waals surface area contributed by atoms with Gasteiger partial charge in [-0.3, -0.25) is 0 Å². The van der Waals surface area contributed by atoms with Gasteiger partial charge in [-0.1, -0.05) is 17.4 Å². The van der Waals surface area contributed by atoms with Crippen LogP contribution >= 0.6 is 11.3 Å². The molecule has 0 aliphatic rings. The normalized spacial score (nSPS) is 10.5. The molecular formula is C8H5O2S. The van der Waals surface area contributed by atoms with Crippen LogP contribution in [0.5, 0.6) is 10.8 Å². The van der Waals surface area contributed by atoms with Crippen molar-refractivity contribution in [1.29, 1.82) is 0 Å². The highest BCUT2D eigenvalue weighted by Gasteiger charge is 2.07. The van der Waals surface area contributed by atoms with Gasteiger partial charge in [-0.2, -0.15) is 0 Å². The molecule has 1 aromatic carbocycles. The van der Waals surface area contributed by atoms with Crippen molar-refractivity contribution < 1.29 is 10.2 Å². The van der Waals surface area contributed by atoms with Gasteiger partial charge in [0.2, 0.25) is 5.06 Å². The minimum absolute atomic E-state index is 0.0281. The van der Waals surface area contributed by atoms with Gasteiger partial charge in [0.1, 0.15) is 0 Å². The standard InChI is InChI=1S/C8H5O2S/c9-7-5-3-1-2-4-6(5)11-8(7)10/h1,3-4,9-10H. The average Bonchev–Trinajstić information content (AvgIpc) is 2.30. The van der Waals surface area contributed by atoms with Gasteiger partial charge in [-0.15, -0.1) is 0 Å². The van der Waals surface area contributed by atoms with Gasteiger partial charge in [0.15, 0.2) is 5.75 Å². The number of rotatable bonds is 0. The molecule has 0 aliphatic heterocycles. The first-order valence-electron chi connectivity index (χ1n) is 3.09. The quantitative estimate of drug-likeness (QED) is 0.627. The molecule has 0 fully saturated rings. The molecule has 1 aromatic heterocycles. The second-order valence-electron chi connectivity index (χ2n) is 2.18. The van der Waals surface area contributed by atoms with Gasteiger partial charge in [-0.25, -0.2) is 0 Å². The summed E-state index contributed by atoms with van der Waals surface area (Å²) in [6.07, 6.45) is 0. The lowest BCUT2D eigenvalue weighted by molar-refractivity contribution is 0.419. The maximum Gasteiger partial charge on any atom is 0.215 e. The summed E-state index contributed by atoms with van der Waals surface area (Å²) in [7, 11) is 0. The molecule has 11 heavy (non-hydrogen) atoms. The predicted molar refractivity (Wildman–Crippen MR) is 44.0 cm³/mol. The maximum atomic E-state index is 9.24. The van der Waals surface area contributed by atoms with Gasteiger partial charge in [0.05, 0.1) is 0 Å². The third-order valence-corrected chi connectivity index (χ3v) is 2.43. The lowest BCUT2D eigenvalue weighted by Gasteiger charge is -1.86. The summed E-state index contributed by atoms with van der Waals surface area (Å²) in [4.78, 5) is 0. The van der Waals surface area contributed by atoms with Crippen LogP contribution < -0.4 is 0 Å². The molecule has 0 aliphatic carbocycles. The molecular weight excluding hydrogens is 160 g/mol. The summed E-state index contributed by atoms with van der Waals surface area (Å²) < 4.78 is 0.850. The van der Waals surface area contributed by atoms with Crippen LogP contribution in [0.4, 0.5) is 0 Å². The van der Waals surface area contributed by atoms with E-state index in [1.165, 1.54) is 0 Å². The smallest absolute Gasteiger partial charge is 0.215 e. The Morgan fingerprint density at radius 3 is 2.91 bits per heavy atom. The first kappa shape index (κ1) is 6.49. The van der Waals surface area contributed by atoms with Crippen molar-refractivity contribution in [3.8, 4) is 10.8 Å². The van der Waals surface area contributed by atoms with E-state index < -0.39 is 0 Å². The van der Waals surface area contributed by atoms with Gasteiger partial charge in [-0.05, 0) is 18.2 Å². The van der Waals surface area contributed by atoms with Gasteiger partial charge in [0.25, 0.3) is 0 Å². The topological polar surface area (TPSA) is 40.5 Å². The minimum Gasteiger partial charge on any atom is -0.503 e. The molecule has 0 unspecified atom stereocenters. The summed E-state index contributed by atoms with van der Waals surface area (Å²) in [5.74, 6) is -0.0287. The van der Waals surface area contributed by atoms with Crippen molar-refractivity contribution in [1.82, 2.24) is 0 Å². The van der Waals surface area contributed by atoms with Crippen LogP contribution in [0, 0.1) is 6.07 Å². The first-order valence-corrected chi connectivity index (χ1v) is 3.91. The zero-order chi connectivity index (χ0) is 7.84. The van der Waals surface area contributed by atoms with E-state index in [0.717, 1.165) is 16.0 Å². The Morgan fingerprint density at radius 1 is 1.36 bits per heavy atom. The van der Waals surface area contributed by atoms with Crippen LogP contribution in [0.1, 0.15) is 0 Å². The Kier molecular flexibility index (Phi) is 1.26. The van der Waals surface area contributed by atoms with E-state index >= 15 is 0 Å². The molecule has 1 heterocycles. The Bertz CT molecular complexity index is 392. The van der Waals surface area contributed by atoms with Crippen LogP contribution in [0.2, 0.25) is 0 Å². The van der Waals surface area contributed by atoms with E-state index in [4.69, 9.17) is 5.11 Å². The average molecular weight is 165 g/mol. The zero-order valence-electron chi connectivity index (χ0n) is 5.53. The molecule has 0 saturated heterocycles. The Morgan fingerprint density at radius 2 is 2.18 bits per heavy atom. The highest BCUT2D eigenvalue weighted by atomic mass is 32.1. The van der Waals surface area contributed by atoms with E-state index in [1.54, 1.807) is 18.2 Å². The van der Waals surface area contributed by atoms with E-state index in [1.807, 2.05) is 0 Å². The fourth-order valence-electron chi connectivity index (χ4n) is 0.963. The van der Waals surface area contributed by atoms with Crippen LogP contribution in [0.25, 0.3) is 10.1 Å². The molecule has 0 saturated carbocycles. The molecule has 0 bridgehead atoms. The third-order valence-electron chi connectivity index (χ3n) is 1.49. The van der Waals surface area contributed by atoms with Gasteiger partial charge in [0, 0.05) is 10.1 Å². The van der Waals surface area contributed by atoms with Gasteiger partial charge < -0.3 is 10.2 Å². The van der Waals surface area contributed by atoms with E-state index in [0.29, 0.717) is 5.39 Å². The molecule has 1 radical (unpaired) electrons. The Hall–Kier alpha value is -1.22. The molecule has 3 heteroatoms. The SMILES string of the molecule is Oc1sc2c[c]ccc2c1O. The number of thiophene rings is 1. The summed E-state index contributed by atoms with van der Waals surface area (Å²) in [6, 6.07) is 8.03. The largest absolute Gasteiger partial charge is 0.503 e. The lowest BCUT2D eigenvalue weighted by atomic mass is 10.2. The van der Waals surface area contributed by atoms with Gasteiger partial charge >= 0.3 is 0 Å². The molecule has 0 spiro atoms. The number of hydrogen-bond acceptors (Lipinski definition) is 3. The number of benzene rings is 1. The summed E-state index contributed by atoms with van der Waals surface area (Å²) >= 11 is 1.15. The Labute approximate surface area is 67.3 Å². The molecule has 2 N–H and O–H groups in total. The third kappa shape index (κ3) is 0.851. The molecule has 0 amide bonds. The minimum atomic E-state index is -0.0287. The summed E-state index contributed by atoms with van der Waals surface area (Å²) in [6.45, 7) is 0. The van der Waals surface area contributed by atoms with Crippen LogP contribution in [0.3, 0.4) is 0 Å². The molecule has 55 valence electrons. The number of hydrogen-bond donors (Lipinski definition) is 2. The molecule has 2 aromatic rings. The van der Waals surface area contributed by atoms with Crippen molar-refractivity contribution in [3.63, 3.8) is 0 Å². The molecule has 2 rings (SSSR count). The lowest BCUT2D eigenvalue weighted by Crippen LogP contribution is -1.61. The fourth-order valence-corrected chi connectivity index (χ4v) is 1.78. The Balaban J connectivity index is 2.92. The van der Waals surface area contributed by atoms with Crippen molar-refractivity contribution in [2.75, 3.05) is 0 Å². The number of aromatic hydroxyl groups is 2. The van der Waals surface area contributed by atoms with Crippen molar-refractivity contribution in [3.05, 3.63) is 24.3 Å². The summed E-state index contributed by atoms with van der Waals surface area (Å²) in [5, 5.41) is 19.0. The van der Waals surface area contributed by atoms with Crippen molar-refractivity contribution >= 4 is 21.4 Å². The monoisotopic (exact) mass is 165 g/mol. The molecule has 0 atom stereocenters. The fraction of sp³-hybridized carbons (Fsp3) is 0. The van der Waals surface area contributed by atoms with Crippen LogP contribution in [-0.2, 0) is 0 Å². The zero-order valence-corrected chi connectivity index (χ0v) is 6.35. The van der Waals surface area contributed by atoms with E-state index in [9.17, 15) is 5.11 Å². The number of fused-ring (bicyclic) bond motifs is 1. The maximum absolute atomic E-state index is 9.24. The second-order valence-corrected chi connectivity index (χ2v) is 3.21. The highest BCUT2D eigenvalue weighted by molar-refractivity contribution is 7.21. The van der Waals surface area contributed by atoms with E-state index in [2.05, 4.69) is 6.07 Å². The van der Waals surface area contributed by atoms with Crippen LogP contribution in [0.15, 0.2) is 18.2 Å². The van der Waals surface area contributed by atoms with Crippen LogP contribution in [-0.4, -0.2) is 10.2 Å². The highest BCUT2D eigenvalue weighted by Crippen LogP contribution is 2.41. The molecule has 2 nitrogen and oxygen atoms in total. The van der Waals surface area contributed by atoms with Crippen molar-refractivity contribution in [2.24, 2.45) is 0 Å². The second kappa shape index (κ2) is 2.13.